The van der Waals surface area contributed by atoms with Crippen LogP contribution in [0.15, 0.2) is 48.1 Å². The number of aryl methyl sites for hydroxylation is 1. The van der Waals surface area contributed by atoms with Crippen molar-refractivity contribution in [1.29, 1.82) is 0 Å². The molecule has 0 saturated carbocycles. The molecule has 0 saturated heterocycles. The first-order valence-corrected chi connectivity index (χ1v) is 7.61. The number of aromatic nitrogens is 2. The number of nitrogens with one attached hydrogen (secondary N) is 1. The summed E-state index contributed by atoms with van der Waals surface area (Å²) in [7, 11) is 1.97. The van der Waals surface area contributed by atoms with Crippen LogP contribution in [0.25, 0.3) is 10.4 Å². The van der Waals surface area contributed by atoms with Crippen LogP contribution in [0.1, 0.15) is 11.4 Å². The normalized spacial score (nSPS) is 11.0. The van der Waals surface area contributed by atoms with Gasteiger partial charge >= 0.3 is 0 Å². The molecule has 3 aromatic rings. The summed E-state index contributed by atoms with van der Waals surface area (Å²) in [4.78, 5) is 5.22. The van der Waals surface area contributed by atoms with E-state index in [2.05, 4.69) is 10.3 Å². The molecule has 1 N–H and O–H groups in total. The maximum absolute atomic E-state index is 13.9. The largest absolute Gasteiger partial charge is 0.337 e. The van der Waals surface area contributed by atoms with Crippen LogP contribution in [-0.2, 0) is 20.1 Å². The lowest BCUT2D eigenvalue weighted by Crippen LogP contribution is -2.15. The zero-order valence-electron chi connectivity index (χ0n) is 11.7. The number of rotatable bonds is 5. The third kappa shape index (κ3) is 3.20. The molecule has 0 aliphatic heterocycles. The van der Waals surface area contributed by atoms with E-state index in [0.717, 1.165) is 16.3 Å². The van der Waals surface area contributed by atoms with Crippen LogP contribution in [0.2, 0.25) is 0 Å². The van der Waals surface area contributed by atoms with Gasteiger partial charge in [-0.3, -0.25) is 0 Å². The maximum atomic E-state index is 13.9. The lowest BCUT2D eigenvalue weighted by molar-refractivity contribution is 0.623. The van der Waals surface area contributed by atoms with Gasteiger partial charge in [-0.2, -0.15) is 0 Å². The average molecular weight is 301 g/mol. The minimum Gasteiger partial charge on any atom is -0.337 e. The molecule has 108 valence electrons. The number of nitrogens with zero attached hydrogens (tertiary/aromatic N) is 2. The Labute approximate surface area is 127 Å². The first-order chi connectivity index (χ1) is 10.2. The molecule has 0 aliphatic rings. The van der Waals surface area contributed by atoms with Gasteiger partial charge in [0.2, 0.25) is 0 Å². The molecule has 0 radical (unpaired) electrons. The topological polar surface area (TPSA) is 29.9 Å². The van der Waals surface area contributed by atoms with Crippen molar-refractivity contribution in [2.75, 3.05) is 0 Å². The van der Waals surface area contributed by atoms with Crippen LogP contribution >= 0.6 is 11.3 Å². The summed E-state index contributed by atoms with van der Waals surface area (Å²) in [6.07, 6.45) is 3.70. The Balaban J connectivity index is 1.69. The fourth-order valence-electron chi connectivity index (χ4n) is 2.19. The van der Waals surface area contributed by atoms with E-state index in [1.54, 1.807) is 17.5 Å². The van der Waals surface area contributed by atoms with Gasteiger partial charge < -0.3 is 9.88 Å². The van der Waals surface area contributed by atoms with Crippen molar-refractivity contribution in [3.05, 3.63) is 65.3 Å². The summed E-state index contributed by atoms with van der Waals surface area (Å²) in [5, 5.41) is 5.29. The first kappa shape index (κ1) is 14.0. The van der Waals surface area contributed by atoms with E-state index in [9.17, 15) is 4.39 Å². The van der Waals surface area contributed by atoms with Crippen molar-refractivity contribution in [2.45, 2.75) is 13.1 Å². The summed E-state index contributed by atoms with van der Waals surface area (Å²) < 4.78 is 15.9. The quantitative estimate of drug-likeness (QED) is 0.780. The molecule has 0 fully saturated rings. The van der Waals surface area contributed by atoms with Gasteiger partial charge in [0, 0.05) is 36.4 Å². The predicted molar refractivity (Wildman–Crippen MR) is 83.5 cm³/mol. The van der Waals surface area contributed by atoms with Gasteiger partial charge in [0.15, 0.2) is 0 Å². The number of hydrogen-bond donors (Lipinski definition) is 1. The minimum atomic E-state index is -0.176. The summed E-state index contributed by atoms with van der Waals surface area (Å²) in [6, 6.07) is 9.14. The van der Waals surface area contributed by atoms with Crippen molar-refractivity contribution in [3.8, 4) is 10.4 Å². The number of thiophene rings is 1. The lowest BCUT2D eigenvalue weighted by atomic mass is 10.1. The number of halogens is 1. The average Bonchev–Trinajstić information content (AvgIpc) is 3.13. The molecule has 2 heterocycles. The Hall–Kier alpha value is -1.98. The maximum Gasteiger partial charge on any atom is 0.131 e. The first-order valence-electron chi connectivity index (χ1n) is 6.73. The number of imidazole rings is 1. The van der Waals surface area contributed by atoms with Crippen LogP contribution in [0.4, 0.5) is 4.39 Å². The van der Waals surface area contributed by atoms with Gasteiger partial charge in [0.05, 0.1) is 6.54 Å². The fourth-order valence-corrected chi connectivity index (χ4v) is 2.93. The van der Waals surface area contributed by atoms with Gasteiger partial charge in [0.1, 0.15) is 11.6 Å². The molecule has 0 atom stereocenters. The summed E-state index contributed by atoms with van der Waals surface area (Å²) in [6.45, 7) is 1.38. The second kappa shape index (κ2) is 6.20. The molecule has 1 aromatic carbocycles. The summed E-state index contributed by atoms with van der Waals surface area (Å²) in [5.41, 5.74) is 1.73. The highest BCUT2D eigenvalue weighted by atomic mass is 32.1. The Kier molecular flexibility index (Phi) is 4.13. The van der Waals surface area contributed by atoms with E-state index in [4.69, 9.17) is 0 Å². The van der Waals surface area contributed by atoms with Gasteiger partial charge in [-0.25, -0.2) is 9.37 Å². The number of hydrogen-bond acceptors (Lipinski definition) is 3. The smallest absolute Gasteiger partial charge is 0.131 e. The van der Waals surface area contributed by atoms with Crippen LogP contribution < -0.4 is 5.32 Å². The van der Waals surface area contributed by atoms with Crippen molar-refractivity contribution < 1.29 is 4.39 Å². The third-order valence-corrected chi connectivity index (χ3v) is 4.25. The molecule has 5 heteroatoms. The van der Waals surface area contributed by atoms with E-state index in [0.29, 0.717) is 18.7 Å². The SMILES string of the molecule is Cn1ccnc1CNCc1ccc(F)c(-c2cccs2)c1. The van der Waals surface area contributed by atoms with E-state index in [1.165, 1.54) is 6.07 Å². The third-order valence-electron chi connectivity index (χ3n) is 3.35. The van der Waals surface area contributed by atoms with Crippen LogP contribution in [0, 0.1) is 5.82 Å². The van der Waals surface area contributed by atoms with Crippen molar-refractivity contribution in [1.82, 2.24) is 14.9 Å². The van der Waals surface area contributed by atoms with Gasteiger partial charge in [-0.15, -0.1) is 11.3 Å². The fraction of sp³-hybridized carbons (Fsp3) is 0.188. The summed E-state index contributed by atoms with van der Waals surface area (Å²) >= 11 is 1.55. The molecule has 0 bridgehead atoms. The molecule has 21 heavy (non-hydrogen) atoms. The second-order valence-electron chi connectivity index (χ2n) is 4.85. The van der Waals surface area contributed by atoms with Crippen LogP contribution in [0.3, 0.4) is 0 Å². The van der Waals surface area contributed by atoms with E-state index in [-0.39, 0.29) is 5.82 Å². The molecular formula is C16H16FN3S. The number of benzene rings is 1. The molecular weight excluding hydrogens is 285 g/mol. The zero-order valence-corrected chi connectivity index (χ0v) is 12.5. The molecule has 3 rings (SSSR count). The lowest BCUT2D eigenvalue weighted by Gasteiger charge is -2.07. The molecule has 0 aliphatic carbocycles. The van der Waals surface area contributed by atoms with E-state index in [1.807, 2.05) is 47.5 Å². The zero-order chi connectivity index (χ0) is 14.7. The van der Waals surface area contributed by atoms with Gasteiger partial charge in [-0.1, -0.05) is 12.1 Å². The molecule has 0 spiro atoms. The Morgan fingerprint density at radius 1 is 1.29 bits per heavy atom. The molecule has 0 unspecified atom stereocenters. The minimum absolute atomic E-state index is 0.176. The standard InChI is InChI=1S/C16H16FN3S/c1-20-7-6-19-16(20)11-18-10-12-4-5-14(17)13(9-12)15-3-2-8-21-15/h2-9,18H,10-11H2,1H3. The molecule has 0 amide bonds. The monoisotopic (exact) mass is 301 g/mol. The highest BCUT2D eigenvalue weighted by molar-refractivity contribution is 7.13. The Morgan fingerprint density at radius 3 is 2.90 bits per heavy atom. The van der Waals surface area contributed by atoms with Crippen molar-refractivity contribution >= 4 is 11.3 Å². The van der Waals surface area contributed by atoms with Crippen LogP contribution in [-0.4, -0.2) is 9.55 Å². The molecule has 3 nitrogen and oxygen atoms in total. The van der Waals surface area contributed by atoms with Crippen molar-refractivity contribution in [2.24, 2.45) is 7.05 Å². The van der Waals surface area contributed by atoms with Gasteiger partial charge in [-0.05, 0) is 29.1 Å². The van der Waals surface area contributed by atoms with E-state index >= 15 is 0 Å². The Bertz CT molecular complexity index is 719. The highest BCUT2D eigenvalue weighted by Gasteiger charge is 2.07. The summed E-state index contributed by atoms with van der Waals surface area (Å²) in [5.74, 6) is 0.806. The van der Waals surface area contributed by atoms with Crippen molar-refractivity contribution in [3.63, 3.8) is 0 Å². The van der Waals surface area contributed by atoms with E-state index < -0.39 is 0 Å². The molecule has 2 aromatic heterocycles. The highest BCUT2D eigenvalue weighted by Crippen LogP contribution is 2.28. The Morgan fingerprint density at radius 2 is 2.19 bits per heavy atom. The predicted octanol–water partition coefficient (Wildman–Crippen LogP) is 3.58. The van der Waals surface area contributed by atoms with Gasteiger partial charge in [0.25, 0.3) is 0 Å². The van der Waals surface area contributed by atoms with Crippen LogP contribution in [0.5, 0.6) is 0 Å². The second-order valence-corrected chi connectivity index (χ2v) is 5.80.